The number of likely N-dealkylation sites (tertiary alicyclic amines) is 1. The van der Waals surface area contributed by atoms with Crippen molar-refractivity contribution in [3.63, 3.8) is 0 Å². The topological polar surface area (TPSA) is 58.9 Å². The molecule has 6 heteroatoms. The smallest absolute Gasteiger partial charge is 0.255 e. The van der Waals surface area contributed by atoms with Crippen molar-refractivity contribution in [3.05, 3.63) is 65.6 Å². The molecule has 1 N–H and O–H groups in total. The maximum atomic E-state index is 12.8. The van der Waals surface area contributed by atoms with Crippen LogP contribution in [0.5, 0.6) is 5.75 Å². The number of carbonyl (C=O) groups excluding carboxylic acids is 1. The predicted octanol–water partition coefficient (Wildman–Crippen LogP) is 3.05. The standard InChI is InChI=1S/C22H26N4O2/c1-16-7-8-21-23-18(14-26(21)13-16)15-28-20-6-4-3-5-19(20)22(27)24-17-9-11-25(2)12-10-17/h3-8,13-14,17H,9-12,15H2,1-2H3,(H,24,27). The lowest BCUT2D eigenvalue weighted by molar-refractivity contribution is 0.0912. The number of imidazole rings is 1. The molecule has 1 aliphatic heterocycles. The first-order chi connectivity index (χ1) is 13.6. The third kappa shape index (κ3) is 4.17. The summed E-state index contributed by atoms with van der Waals surface area (Å²) in [6.45, 7) is 4.39. The Balaban J connectivity index is 1.44. The third-order valence-corrected chi connectivity index (χ3v) is 5.21. The third-order valence-electron chi connectivity index (χ3n) is 5.21. The van der Waals surface area contributed by atoms with E-state index in [1.165, 1.54) is 5.56 Å². The summed E-state index contributed by atoms with van der Waals surface area (Å²) in [5.41, 5.74) is 3.46. The van der Waals surface area contributed by atoms with Crippen molar-refractivity contribution in [1.29, 1.82) is 0 Å². The van der Waals surface area contributed by atoms with Crippen LogP contribution in [0.2, 0.25) is 0 Å². The first-order valence-corrected chi connectivity index (χ1v) is 9.74. The minimum absolute atomic E-state index is 0.0734. The van der Waals surface area contributed by atoms with E-state index in [0.717, 1.165) is 37.3 Å². The maximum Gasteiger partial charge on any atom is 0.255 e. The van der Waals surface area contributed by atoms with Crippen LogP contribution in [0.1, 0.15) is 34.5 Å². The molecule has 1 amide bonds. The zero-order chi connectivity index (χ0) is 19.5. The van der Waals surface area contributed by atoms with Crippen LogP contribution < -0.4 is 10.1 Å². The molecule has 3 heterocycles. The average molecular weight is 378 g/mol. The van der Waals surface area contributed by atoms with Crippen molar-refractivity contribution < 1.29 is 9.53 Å². The minimum atomic E-state index is -0.0734. The number of hydrogen-bond acceptors (Lipinski definition) is 4. The maximum absolute atomic E-state index is 12.8. The lowest BCUT2D eigenvalue weighted by Gasteiger charge is -2.29. The van der Waals surface area contributed by atoms with Crippen molar-refractivity contribution in [1.82, 2.24) is 19.6 Å². The number of para-hydroxylation sites is 1. The Morgan fingerprint density at radius 1 is 1.18 bits per heavy atom. The molecular formula is C22H26N4O2. The number of benzene rings is 1. The van der Waals surface area contributed by atoms with Crippen LogP contribution in [0.4, 0.5) is 0 Å². The first-order valence-electron chi connectivity index (χ1n) is 9.74. The van der Waals surface area contributed by atoms with E-state index in [9.17, 15) is 4.79 Å². The van der Waals surface area contributed by atoms with Gasteiger partial charge in [0.15, 0.2) is 0 Å². The number of amides is 1. The predicted molar refractivity (Wildman–Crippen MR) is 109 cm³/mol. The number of carbonyl (C=O) groups is 1. The van der Waals surface area contributed by atoms with Crippen molar-refractivity contribution in [3.8, 4) is 5.75 Å². The zero-order valence-corrected chi connectivity index (χ0v) is 16.4. The van der Waals surface area contributed by atoms with E-state index in [2.05, 4.69) is 29.2 Å². The van der Waals surface area contributed by atoms with Gasteiger partial charge in [0.25, 0.3) is 5.91 Å². The van der Waals surface area contributed by atoms with Gasteiger partial charge in [-0.2, -0.15) is 0 Å². The van der Waals surface area contributed by atoms with Crippen LogP contribution in [0.3, 0.4) is 0 Å². The van der Waals surface area contributed by atoms with E-state index in [0.29, 0.717) is 17.9 Å². The number of aryl methyl sites for hydroxylation is 1. The number of rotatable bonds is 5. The van der Waals surface area contributed by atoms with Crippen LogP contribution in [0.25, 0.3) is 5.65 Å². The van der Waals surface area contributed by atoms with Gasteiger partial charge < -0.3 is 19.4 Å². The van der Waals surface area contributed by atoms with Crippen LogP contribution in [0, 0.1) is 6.92 Å². The van der Waals surface area contributed by atoms with Crippen LogP contribution >= 0.6 is 0 Å². The molecular weight excluding hydrogens is 352 g/mol. The largest absolute Gasteiger partial charge is 0.486 e. The summed E-state index contributed by atoms with van der Waals surface area (Å²) >= 11 is 0. The summed E-state index contributed by atoms with van der Waals surface area (Å²) in [6, 6.07) is 11.6. The highest BCUT2D eigenvalue weighted by Gasteiger charge is 2.21. The van der Waals surface area contributed by atoms with E-state index in [1.54, 1.807) is 0 Å². The second-order valence-electron chi connectivity index (χ2n) is 7.54. The fourth-order valence-corrected chi connectivity index (χ4v) is 3.57. The van der Waals surface area contributed by atoms with Gasteiger partial charge >= 0.3 is 0 Å². The number of nitrogens with zero attached hydrogens (tertiary/aromatic N) is 3. The van der Waals surface area contributed by atoms with Crippen molar-refractivity contribution in [2.24, 2.45) is 0 Å². The summed E-state index contributed by atoms with van der Waals surface area (Å²) in [7, 11) is 2.11. The molecule has 0 unspecified atom stereocenters. The van der Waals surface area contributed by atoms with E-state index >= 15 is 0 Å². The van der Waals surface area contributed by atoms with E-state index in [1.807, 2.05) is 53.2 Å². The number of nitrogens with one attached hydrogen (secondary N) is 1. The minimum Gasteiger partial charge on any atom is -0.486 e. The number of piperidine rings is 1. The summed E-state index contributed by atoms with van der Waals surface area (Å²) in [5, 5.41) is 3.16. The van der Waals surface area contributed by atoms with Gasteiger partial charge in [-0.15, -0.1) is 0 Å². The number of pyridine rings is 1. The first kappa shape index (κ1) is 18.5. The number of hydrogen-bond donors (Lipinski definition) is 1. The molecule has 0 saturated carbocycles. The molecule has 1 aliphatic rings. The second kappa shape index (κ2) is 8.02. The summed E-state index contributed by atoms with van der Waals surface area (Å²) in [4.78, 5) is 19.6. The molecule has 1 fully saturated rings. The highest BCUT2D eigenvalue weighted by molar-refractivity contribution is 5.97. The zero-order valence-electron chi connectivity index (χ0n) is 16.4. The molecule has 0 spiro atoms. The molecule has 0 bridgehead atoms. The monoisotopic (exact) mass is 378 g/mol. The highest BCUT2D eigenvalue weighted by Crippen LogP contribution is 2.20. The molecule has 0 aliphatic carbocycles. The average Bonchev–Trinajstić information content (AvgIpc) is 3.10. The molecule has 2 aromatic heterocycles. The Bertz CT molecular complexity index is 974. The van der Waals surface area contributed by atoms with Gasteiger partial charge in [-0.3, -0.25) is 4.79 Å². The van der Waals surface area contributed by atoms with Gasteiger partial charge in [0.1, 0.15) is 18.0 Å². The normalized spacial score (nSPS) is 15.6. The van der Waals surface area contributed by atoms with Crippen LogP contribution in [-0.2, 0) is 6.61 Å². The summed E-state index contributed by atoms with van der Waals surface area (Å²) in [5.74, 6) is 0.511. The van der Waals surface area contributed by atoms with Crippen molar-refractivity contribution >= 4 is 11.6 Å². The molecule has 6 nitrogen and oxygen atoms in total. The van der Waals surface area contributed by atoms with Gasteiger partial charge in [0.2, 0.25) is 0 Å². The summed E-state index contributed by atoms with van der Waals surface area (Å²) in [6.07, 6.45) is 5.95. The van der Waals surface area contributed by atoms with E-state index < -0.39 is 0 Å². The second-order valence-corrected chi connectivity index (χ2v) is 7.54. The van der Waals surface area contributed by atoms with Gasteiger partial charge in [-0.05, 0) is 63.7 Å². The quantitative estimate of drug-likeness (QED) is 0.741. The Labute approximate surface area is 165 Å². The number of ether oxygens (including phenoxy) is 1. The molecule has 1 aromatic carbocycles. The molecule has 0 atom stereocenters. The van der Waals surface area contributed by atoms with Crippen molar-refractivity contribution in [2.45, 2.75) is 32.4 Å². The van der Waals surface area contributed by atoms with Gasteiger partial charge in [-0.1, -0.05) is 18.2 Å². The van der Waals surface area contributed by atoms with Gasteiger partial charge in [0, 0.05) is 18.4 Å². The Morgan fingerprint density at radius 3 is 2.79 bits per heavy atom. The highest BCUT2D eigenvalue weighted by atomic mass is 16.5. The van der Waals surface area contributed by atoms with E-state index in [4.69, 9.17) is 4.74 Å². The van der Waals surface area contributed by atoms with Crippen LogP contribution in [0.15, 0.2) is 48.8 Å². The summed E-state index contributed by atoms with van der Waals surface area (Å²) < 4.78 is 7.96. The molecule has 0 radical (unpaired) electrons. The molecule has 28 heavy (non-hydrogen) atoms. The van der Waals surface area contributed by atoms with Crippen LogP contribution in [-0.4, -0.2) is 46.4 Å². The fraction of sp³-hybridized carbons (Fsp3) is 0.364. The fourth-order valence-electron chi connectivity index (χ4n) is 3.57. The van der Waals surface area contributed by atoms with Gasteiger partial charge in [-0.25, -0.2) is 4.98 Å². The Hall–Kier alpha value is -2.86. The number of fused-ring (bicyclic) bond motifs is 1. The SMILES string of the molecule is Cc1ccc2nc(COc3ccccc3C(=O)NC3CCN(C)CC3)cn2c1. The Kier molecular flexibility index (Phi) is 5.30. The molecule has 146 valence electrons. The van der Waals surface area contributed by atoms with E-state index in [-0.39, 0.29) is 11.9 Å². The molecule has 3 aromatic rings. The Morgan fingerprint density at radius 2 is 1.96 bits per heavy atom. The molecule has 1 saturated heterocycles. The van der Waals surface area contributed by atoms with Gasteiger partial charge in [0.05, 0.1) is 11.3 Å². The number of aromatic nitrogens is 2. The van der Waals surface area contributed by atoms with Crippen molar-refractivity contribution in [2.75, 3.05) is 20.1 Å². The lowest BCUT2D eigenvalue weighted by Crippen LogP contribution is -2.43. The lowest BCUT2D eigenvalue weighted by atomic mass is 10.0. The molecule has 4 rings (SSSR count).